The first-order chi connectivity index (χ1) is 11.9. The summed E-state index contributed by atoms with van der Waals surface area (Å²) in [5.74, 6) is 0.598. The van der Waals surface area contributed by atoms with Crippen molar-refractivity contribution in [3.8, 4) is 5.75 Å². The topological polar surface area (TPSA) is 9.23 Å². The second-order valence-electron chi connectivity index (χ2n) is 6.93. The third-order valence-corrected chi connectivity index (χ3v) is 5.37. The number of aryl methyl sites for hydroxylation is 1. The smallest absolute Gasteiger partial charge is 0.420 e. The summed E-state index contributed by atoms with van der Waals surface area (Å²) in [6, 6.07) is 8.49. The number of rotatable bonds is 4. The lowest BCUT2D eigenvalue weighted by atomic mass is 9.89. The van der Waals surface area contributed by atoms with Crippen LogP contribution in [0.15, 0.2) is 30.3 Å². The van der Waals surface area contributed by atoms with Gasteiger partial charge >= 0.3 is 6.18 Å². The first-order valence-electron chi connectivity index (χ1n) is 8.74. The van der Waals surface area contributed by atoms with Crippen molar-refractivity contribution in [1.29, 1.82) is 0 Å². The van der Waals surface area contributed by atoms with Crippen LogP contribution < -0.4 is 4.74 Å². The number of fused-ring (bicyclic) bond motifs is 1. The minimum absolute atomic E-state index is 0.0319. The molecule has 0 aromatic heterocycles. The van der Waals surface area contributed by atoms with Crippen LogP contribution >= 0.6 is 15.9 Å². The van der Waals surface area contributed by atoms with E-state index in [1.807, 2.05) is 6.07 Å². The van der Waals surface area contributed by atoms with Crippen LogP contribution in [0.1, 0.15) is 43.7 Å². The average molecular weight is 415 g/mol. The van der Waals surface area contributed by atoms with Crippen molar-refractivity contribution in [2.75, 3.05) is 5.33 Å². The van der Waals surface area contributed by atoms with Gasteiger partial charge in [0.05, 0.1) is 6.10 Å². The standard InChI is InChI=1S/C20H22BrF3O/c1-13-2-7-16(8-3-13)25-18-9-6-15-5-4-14(10-11-21)12-17(15)19(18)20(22,23)24/h4-6,9,12-13,16H,2-3,7-8,10-11H2,1H3/t13-,16+. The van der Waals surface area contributed by atoms with Gasteiger partial charge in [-0.3, -0.25) is 0 Å². The van der Waals surface area contributed by atoms with E-state index in [0.29, 0.717) is 17.7 Å². The van der Waals surface area contributed by atoms with Crippen LogP contribution in [-0.2, 0) is 12.6 Å². The highest BCUT2D eigenvalue weighted by molar-refractivity contribution is 9.09. The van der Waals surface area contributed by atoms with Gasteiger partial charge in [0.1, 0.15) is 11.3 Å². The summed E-state index contributed by atoms with van der Waals surface area (Å²) in [7, 11) is 0. The summed E-state index contributed by atoms with van der Waals surface area (Å²) in [5, 5.41) is 1.54. The van der Waals surface area contributed by atoms with E-state index in [9.17, 15) is 13.2 Å². The molecule has 0 bridgehead atoms. The molecular weight excluding hydrogens is 393 g/mol. The van der Waals surface area contributed by atoms with Crippen LogP contribution in [0, 0.1) is 5.92 Å². The summed E-state index contributed by atoms with van der Waals surface area (Å²) in [5.41, 5.74) is 0.249. The lowest BCUT2D eigenvalue weighted by Crippen LogP contribution is -2.24. The molecule has 3 rings (SSSR count). The molecule has 1 nitrogen and oxygen atoms in total. The van der Waals surface area contributed by atoms with Gasteiger partial charge in [0, 0.05) is 5.33 Å². The number of ether oxygens (including phenoxy) is 1. The van der Waals surface area contributed by atoms with Gasteiger partial charge in [0.25, 0.3) is 0 Å². The summed E-state index contributed by atoms with van der Waals surface area (Å²) in [6.07, 6.45) is -0.215. The normalized spacial score (nSPS) is 21.5. The Morgan fingerprint density at radius 2 is 1.76 bits per heavy atom. The van der Waals surface area contributed by atoms with E-state index in [0.717, 1.165) is 36.6 Å². The van der Waals surface area contributed by atoms with E-state index in [2.05, 4.69) is 22.9 Å². The van der Waals surface area contributed by atoms with Crippen LogP contribution in [0.25, 0.3) is 10.8 Å². The maximum atomic E-state index is 13.8. The molecule has 1 aliphatic carbocycles. The monoisotopic (exact) mass is 414 g/mol. The molecular formula is C20H22BrF3O. The summed E-state index contributed by atoms with van der Waals surface area (Å²) < 4.78 is 47.3. The lowest BCUT2D eigenvalue weighted by Gasteiger charge is -2.28. The van der Waals surface area contributed by atoms with Crippen molar-refractivity contribution in [3.63, 3.8) is 0 Å². The molecule has 25 heavy (non-hydrogen) atoms. The van der Waals surface area contributed by atoms with Gasteiger partial charge in [0.2, 0.25) is 0 Å². The Morgan fingerprint density at radius 3 is 2.40 bits per heavy atom. The maximum Gasteiger partial charge on any atom is 0.420 e. The average Bonchev–Trinajstić information content (AvgIpc) is 2.56. The van der Waals surface area contributed by atoms with Gasteiger partial charge < -0.3 is 4.74 Å². The Kier molecular flexibility index (Phi) is 5.62. The minimum Gasteiger partial charge on any atom is -0.490 e. The Labute approximate surface area is 154 Å². The molecule has 5 heteroatoms. The Hall–Kier alpha value is -1.23. The third kappa shape index (κ3) is 4.30. The van der Waals surface area contributed by atoms with E-state index in [4.69, 9.17) is 4.74 Å². The molecule has 1 fully saturated rings. The first-order valence-corrected chi connectivity index (χ1v) is 9.86. The van der Waals surface area contributed by atoms with Gasteiger partial charge in [-0.25, -0.2) is 0 Å². The maximum absolute atomic E-state index is 13.8. The predicted octanol–water partition coefficient (Wildman–Crippen LogP) is 6.75. The van der Waals surface area contributed by atoms with Crippen molar-refractivity contribution < 1.29 is 17.9 Å². The third-order valence-electron chi connectivity index (χ3n) is 4.97. The molecule has 0 saturated heterocycles. The zero-order valence-electron chi connectivity index (χ0n) is 14.2. The predicted molar refractivity (Wildman–Crippen MR) is 98.5 cm³/mol. The molecule has 0 heterocycles. The van der Waals surface area contributed by atoms with Crippen LogP contribution in [0.4, 0.5) is 13.2 Å². The molecule has 0 radical (unpaired) electrons. The highest BCUT2D eigenvalue weighted by atomic mass is 79.9. The van der Waals surface area contributed by atoms with Gasteiger partial charge in [-0.1, -0.05) is 47.1 Å². The van der Waals surface area contributed by atoms with Gasteiger partial charge in [-0.2, -0.15) is 13.2 Å². The number of halogens is 4. The fourth-order valence-corrected chi connectivity index (χ4v) is 3.99. The van der Waals surface area contributed by atoms with E-state index in [1.165, 1.54) is 6.07 Å². The highest BCUT2D eigenvalue weighted by Gasteiger charge is 2.37. The molecule has 1 aliphatic rings. The first kappa shape index (κ1) is 18.6. The van der Waals surface area contributed by atoms with Crippen LogP contribution in [0.3, 0.4) is 0 Å². The molecule has 1 saturated carbocycles. The molecule has 2 aromatic rings. The minimum atomic E-state index is -4.44. The molecule has 136 valence electrons. The highest BCUT2D eigenvalue weighted by Crippen LogP contribution is 2.42. The number of hydrogen-bond acceptors (Lipinski definition) is 1. The zero-order valence-corrected chi connectivity index (χ0v) is 15.8. The summed E-state index contributed by atoms with van der Waals surface area (Å²) >= 11 is 3.35. The fraction of sp³-hybridized carbons (Fsp3) is 0.500. The molecule has 0 N–H and O–H groups in total. The summed E-state index contributed by atoms with van der Waals surface area (Å²) in [4.78, 5) is 0. The van der Waals surface area contributed by atoms with Crippen LogP contribution in [-0.4, -0.2) is 11.4 Å². The Morgan fingerprint density at radius 1 is 1.08 bits per heavy atom. The molecule has 2 aromatic carbocycles. The molecule has 0 spiro atoms. The SMILES string of the molecule is C[C@H]1CC[C@@H](Oc2ccc3ccc(CCBr)cc3c2C(F)(F)F)CC1. The van der Waals surface area contributed by atoms with E-state index in [1.54, 1.807) is 18.2 Å². The van der Waals surface area contributed by atoms with E-state index >= 15 is 0 Å². The Bertz CT molecular complexity index is 734. The molecule has 0 aliphatic heterocycles. The van der Waals surface area contributed by atoms with E-state index < -0.39 is 11.7 Å². The van der Waals surface area contributed by atoms with Crippen LogP contribution in [0.2, 0.25) is 0 Å². The van der Waals surface area contributed by atoms with E-state index in [-0.39, 0.29) is 17.2 Å². The van der Waals surface area contributed by atoms with Crippen molar-refractivity contribution in [2.45, 2.75) is 51.3 Å². The Balaban J connectivity index is 2.02. The second-order valence-corrected chi connectivity index (χ2v) is 7.72. The lowest BCUT2D eigenvalue weighted by molar-refractivity contribution is -0.138. The van der Waals surface area contributed by atoms with Crippen molar-refractivity contribution in [2.24, 2.45) is 5.92 Å². The van der Waals surface area contributed by atoms with Gasteiger partial charge in [-0.15, -0.1) is 0 Å². The molecule has 0 atom stereocenters. The van der Waals surface area contributed by atoms with Crippen LogP contribution in [0.5, 0.6) is 5.75 Å². The summed E-state index contributed by atoms with van der Waals surface area (Å²) in [6.45, 7) is 2.18. The zero-order chi connectivity index (χ0) is 18.0. The fourth-order valence-electron chi connectivity index (χ4n) is 3.53. The number of alkyl halides is 4. The van der Waals surface area contributed by atoms with Crippen molar-refractivity contribution in [1.82, 2.24) is 0 Å². The molecule has 0 unspecified atom stereocenters. The largest absolute Gasteiger partial charge is 0.490 e. The quantitative estimate of drug-likeness (QED) is 0.502. The molecule has 0 amide bonds. The van der Waals surface area contributed by atoms with Gasteiger partial charge in [-0.05, 0) is 60.4 Å². The second kappa shape index (κ2) is 7.56. The van der Waals surface area contributed by atoms with Crippen molar-refractivity contribution >= 4 is 26.7 Å². The van der Waals surface area contributed by atoms with Gasteiger partial charge in [0.15, 0.2) is 0 Å². The van der Waals surface area contributed by atoms with Crippen molar-refractivity contribution in [3.05, 3.63) is 41.5 Å². The number of benzene rings is 2. The number of hydrogen-bond donors (Lipinski definition) is 0.